The summed E-state index contributed by atoms with van der Waals surface area (Å²) in [7, 11) is 1.35. The van der Waals surface area contributed by atoms with E-state index in [0.717, 1.165) is 16.8 Å². The molecular weight excluding hydrogens is 348 g/mol. The first-order valence-electron chi connectivity index (χ1n) is 8.25. The van der Waals surface area contributed by atoms with E-state index >= 15 is 0 Å². The molecule has 2 aromatic carbocycles. The lowest BCUT2D eigenvalue weighted by Crippen LogP contribution is -2.24. The summed E-state index contributed by atoms with van der Waals surface area (Å²) in [5.41, 5.74) is 3.30. The van der Waals surface area contributed by atoms with Gasteiger partial charge >= 0.3 is 5.97 Å². The number of nitrogens with zero attached hydrogens (tertiary/aromatic N) is 2. The molecule has 0 spiro atoms. The molecule has 0 saturated carbocycles. The molecule has 3 rings (SSSR count). The van der Waals surface area contributed by atoms with Gasteiger partial charge < -0.3 is 4.74 Å². The fraction of sp³-hybridized carbons (Fsp3) is 0.250. The van der Waals surface area contributed by atoms with Gasteiger partial charge in [-0.15, -0.1) is 0 Å². The predicted octanol–water partition coefficient (Wildman–Crippen LogP) is 3.66. The van der Waals surface area contributed by atoms with Gasteiger partial charge in [-0.1, -0.05) is 30.0 Å². The second kappa shape index (κ2) is 7.33. The van der Waals surface area contributed by atoms with Crippen molar-refractivity contribution >= 4 is 28.6 Å². The molecule has 5 nitrogen and oxygen atoms in total. The number of para-hydroxylation sites is 1. The smallest absolute Gasteiger partial charge is 0.318 e. The van der Waals surface area contributed by atoms with Crippen molar-refractivity contribution in [2.45, 2.75) is 31.2 Å². The number of thioether (sulfide) groups is 1. The topological polar surface area (TPSA) is 61.2 Å². The van der Waals surface area contributed by atoms with Crippen LogP contribution < -0.4 is 5.56 Å². The van der Waals surface area contributed by atoms with E-state index in [2.05, 4.69) is 4.98 Å². The summed E-state index contributed by atoms with van der Waals surface area (Å²) >= 11 is 1.22. The molecule has 1 aromatic heterocycles. The summed E-state index contributed by atoms with van der Waals surface area (Å²) in [6.45, 7) is 5.71. The largest absolute Gasteiger partial charge is 0.468 e. The van der Waals surface area contributed by atoms with Crippen LogP contribution in [0, 0.1) is 13.8 Å². The van der Waals surface area contributed by atoms with E-state index in [0.29, 0.717) is 16.1 Å². The van der Waals surface area contributed by atoms with Gasteiger partial charge in [0.2, 0.25) is 0 Å². The second-order valence-corrected chi connectivity index (χ2v) is 7.49. The molecule has 26 heavy (non-hydrogen) atoms. The van der Waals surface area contributed by atoms with E-state index in [9.17, 15) is 9.59 Å². The lowest BCUT2D eigenvalue weighted by molar-refractivity contribution is -0.139. The SMILES string of the molecule is COC(=O)C(C)Sc1nc2ccccc2c(=O)n1-c1cc(C)cc(C)c1. The van der Waals surface area contributed by atoms with Gasteiger partial charge in [-0.3, -0.25) is 14.2 Å². The highest BCUT2D eigenvalue weighted by Crippen LogP contribution is 2.26. The molecule has 0 radical (unpaired) electrons. The van der Waals surface area contributed by atoms with E-state index in [1.807, 2.05) is 44.2 Å². The van der Waals surface area contributed by atoms with Crippen LogP contribution >= 0.6 is 11.8 Å². The molecule has 0 bridgehead atoms. The molecule has 0 saturated heterocycles. The molecule has 1 unspecified atom stereocenters. The van der Waals surface area contributed by atoms with Crippen molar-refractivity contribution < 1.29 is 9.53 Å². The first-order chi connectivity index (χ1) is 12.4. The van der Waals surface area contributed by atoms with Crippen LogP contribution in [0.4, 0.5) is 0 Å². The van der Waals surface area contributed by atoms with Gasteiger partial charge in [-0.25, -0.2) is 4.98 Å². The van der Waals surface area contributed by atoms with Crippen LogP contribution in [-0.4, -0.2) is 27.9 Å². The number of ether oxygens (including phenoxy) is 1. The molecule has 1 heterocycles. The molecule has 0 amide bonds. The number of aryl methyl sites for hydroxylation is 2. The van der Waals surface area contributed by atoms with Gasteiger partial charge in [0.1, 0.15) is 5.25 Å². The predicted molar refractivity (Wildman–Crippen MR) is 104 cm³/mol. The number of hydrogen-bond donors (Lipinski definition) is 0. The Morgan fingerprint density at radius 3 is 2.46 bits per heavy atom. The quantitative estimate of drug-likeness (QED) is 0.400. The molecule has 3 aromatic rings. The highest BCUT2D eigenvalue weighted by Gasteiger charge is 2.20. The monoisotopic (exact) mass is 368 g/mol. The summed E-state index contributed by atoms with van der Waals surface area (Å²) in [5.74, 6) is -0.357. The van der Waals surface area contributed by atoms with Crippen LogP contribution in [0.15, 0.2) is 52.4 Å². The second-order valence-electron chi connectivity index (χ2n) is 6.18. The number of rotatable bonds is 4. The third kappa shape index (κ3) is 3.51. The van der Waals surface area contributed by atoms with Crippen molar-refractivity contribution in [2.24, 2.45) is 0 Å². The van der Waals surface area contributed by atoms with E-state index < -0.39 is 5.25 Å². The molecule has 0 N–H and O–H groups in total. The van der Waals surface area contributed by atoms with Crippen LogP contribution in [0.1, 0.15) is 18.1 Å². The standard InChI is InChI=1S/C20H20N2O3S/c1-12-9-13(2)11-15(10-12)22-18(23)16-7-5-6-8-17(16)21-20(22)26-14(3)19(24)25-4/h5-11,14H,1-4H3. The zero-order valence-electron chi connectivity index (χ0n) is 15.1. The number of carbonyl (C=O) groups excluding carboxylic acids is 1. The van der Waals surface area contributed by atoms with E-state index in [1.54, 1.807) is 23.6 Å². The molecule has 1 atom stereocenters. The zero-order valence-corrected chi connectivity index (χ0v) is 16.0. The minimum absolute atomic E-state index is 0.153. The van der Waals surface area contributed by atoms with Crippen LogP contribution in [0.25, 0.3) is 16.6 Å². The summed E-state index contributed by atoms with van der Waals surface area (Å²) < 4.78 is 6.39. The lowest BCUT2D eigenvalue weighted by Gasteiger charge is -2.16. The maximum absolute atomic E-state index is 13.2. The average molecular weight is 368 g/mol. The van der Waals surface area contributed by atoms with Gasteiger partial charge in [-0.2, -0.15) is 0 Å². The number of hydrogen-bond acceptors (Lipinski definition) is 5. The number of aromatic nitrogens is 2. The number of esters is 1. The van der Waals surface area contributed by atoms with Crippen molar-refractivity contribution in [1.82, 2.24) is 9.55 Å². The zero-order chi connectivity index (χ0) is 18.8. The lowest BCUT2D eigenvalue weighted by atomic mass is 10.1. The molecule has 0 aliphatic rings. The Morgan fingerprint density at radius 1 is 1.15 bits per heavy atom. The van der Waals surface area contributed by atoms with Crippen LogP contribution in [0.5, 0.6) is 0 Å². The number of methoxy groups -OCH3 is 1. The Kier molecular flexibility index (Phi) is 5.13. The molecule has 0 aliphatic heterocycles. The van der Waals surface area contributed by atoms with Gasteiger partial charge in [0.25, 0.3) is 5.56 Å². The highest BCUT2D eigenvalue weighted by atomic mass is 32.2. The summed E-state index contributed by atoms with van der Waals surface area (Å²) in [5, 5.41) is 0.531. The van der Waals surface area contributed by atoms with Crippen molar-refractivity contribution in [3.8, 4) is 5.69 Å². The van der Waals surface area contributed by atoms with Gasteiger partial charge in [0, 0.05) is 0 Å². The van der Waals surface area contributed by atoms with E-state index in [1.165, 1.54) is 18.9 Å². The Bertz CT molecular complexity index is 1020. The fourth-order valence-electron chi connectivity index (χ4n) is 2.87. The Labute approximate surface area is 156 Å². The molecule has 0 aliphatic carbocycles. The summed E-state index contributed by atoms with van der Waals surface area (Å²) in [4.78, 5) is 29.7. The third-order valence-corrected chi connectivity index (χ3v) is 5.06. The minimum atomic E-state index is -0.481. The average Bonchev–Trinajstić information content (AvgIpc) is 2.60. The van der Waals surface area contributed by atoms with Crippen molar-refractivity contribution in [3.63, 3.8) is 0 Å². The molecular formula is C20H20N2O3S. The maximum Gasteiger partial charge on any atom is 0.318 e. The first-order valence-corrected chi connectivity index (χ1v) is 9.13. The minimum Gasteiger partial charge on any atom is -0.468 e. The fourth-order valence-corrected chi connectivity index (χ4v) is 3.82. The molecule has 6 heteroatoms. The highest BCUT2D eigenvalue weighted by molar-refractivity contribution is 8.00. The van der Waals surface area contributed by atoms with Crippen LogP contribution in [0.2, 0.25) is 0 Å². The van der Waals surface area contributed by atoms with Gasteiger partial charge in [0.05, 0.1) is 23.7 Å². The first kappa shape index (κ1) is 18.2. The number of carbonyl (C=O) groups is 1. The van der Waals surface area contributed by atoms with E-state index in [4.69, 9.17) is 4.74 Å². The van der Waals surface area contributed by atoms with Crippen molar-refractivity contribution in [3.05, 3.63) is 63.9 Å². The maximum atomic E-state index is 13.2. The van der Waals surface area contributed by atoms with Crippen molar-refractivity contribution in [1.29, 1.82) is 0 Å². The summed E-state index contributed by atoms with van der Waals surface area (Å²) in [6, 6.07) is 13.2. The molecule has 0 fully saturated rings. The van der Waals surface area contributed by atoms with Crippen LogP contribution in [0.3, 0.4) is 0 Å². The number of fused-ring (bicyclic) bond motifs is 1. The normalized spacial score (nSPS) is 12.2. The Balaban J connectivity index is 2.27. The van der Waals surface area contributed by atoms with Gasteiger partial charge in [-0.05, 0) is 56.2 Å². The Morgan fingerprint density at radius 2 is 1.81 bits per heavy atom. The molecule has 134 valence electrons. The number of benzene rings is 2. The van der Waals surface area contributed by atoms with Crippen molar-refractivity contribution in [2.75, 3.05) is 7.11 Å². The Hall–Kier alpha value is -2.60. The summed E-state index contributed by atoms with van der Waals surface area (Å²) in [6.07, 6.45) is 0. The third-order valence-electron chi connectivity index (χ3n) is 4.02. The van der Waals surface area contributed by atoms with Crippen LogP contribution in [-0.2, 0) is 9.53 Å². The van der Waals surface area contributed by atoms with Gasteiger partial charge in [0.15, 0.2) is 5.16 Å². The van der Waals surface area contributed by atoms with E-state index in [-0.39, 0.29) is 11.5 Å².